The lowest BCUT2D eigenvalue weighted by Crippen LogP contribution is -2.20. The smallest absolute Gasteiger partial charge is 0.323 e. The molecule has 0 aliphatic rings. The third kappa shape index (κ3) is 3.29. The van der Waals surface area contributed by atoms with Crippen molar-refractivity contribution in [3.8, 4) is 0 Å². The lowest BCUT2D eigenvalue weighted by atomic mass is 10.2. The van der Waals surface area contributed by atoms with Crippen LogP contribution in [0.2, 0.25) is 0 Å². The van der Waals surface area contributed by atoms with Gasteiger partial charge in [0.05, 0.1) is 12.0 Å². The Bertz CT molecular complexity index is 876. The van der Waals surface area contributed by atoms with Crippen molar-refractivity contribution in [2.75, 3.05) is 10.6 Å². The van der Waals surface area contributed by atoms with E-state index < -0.39 is 6.03 Å². The highest BCUT2D eigenvalue weighted by Gasteiger charge is 2.09. The number of urea groups is 1. The highest BCUT2D eigenvalue weighted by atomic mass is 32.1. The summed E-state index contributed by atoms with van der Waals surface area (Å²) in [6, 6.07) is 13.4. The van der Waals surface area contributed by atoms with Crippen molar-refractivity contribution in [3.05, 3.63) is 60.4 Å². The van der Waals surface area contributed by atoms with Gasteiger partial charge in [-0.25, -0.2) is 4.79 Å². The van der Waals surface area contributed by atoms with E-state index in [9.17, 15) is 9.59 Å². The van der Waals surface area contributed by atoms with Crippen LogP contribution >= 0.6 is 12.8 Å². The molecule has 0 fully saturated rings. The predicted molar refractivity (Wildman–Crippen MR) is 91.7 cm³/mol. The second-order valence-corrected chi connectivity index (χ2v) is 4.97. The van der Waals surface area contributed by atoms with Crippen molar-refractivity contribution < 1.29 is 14.0 Å². The zero-order valence-corrected chi connectivity index (χ0v) is 12.8. The van der Waals surface area contributed by atoms with Crippen molar-refractivity contribution in [3.63, 3.8) is 0 Å². The molecule has 3 amide bonds. The number of furan rings is 1. The summed E-state index contributed by atoms with van der Waals surface area (Å²) in [6.45, 7) is 0. The number of para-hydroxylation sites is 1. The van der Waals surface area contributed by atoms with Crippen molar-refractivity contribution in [1.29, 1.82) is 0 Å². The van der Waals surface area contributed by atoms with E-state index in [-0.39, 0.29) is 5.91 Å². The standard InChI is InChI=1S/C16H13N3O3S/c20-15(19-23)11-4-1-5-12(9-11)17-16(21)18-13-6-2-3-10-7-8-22-14(10)13/h1-9,23H,(H,19,20)(H2,17,18,21). The van der Waals surface area contributed by atoms with Gasteiger partial charge in [0, 0.05) is 16.6 Å². The number of nitrogens with one attached hydrogen (secondary N) is 3. The third-order valence-corrected chi connectivity index (χ3v) is 3.41. The topological polar surface area (TPSA) is 83.4 Å². The molecule has 0 aliphatic heterocycles. The summed E-state index contributed by atoms with van der Waals surface area (Å²) < 4.78 is 7.59. The minimum absolute atomic E-state index is 0.349. The van der Waals surface area contributed by atoms with Gasteiger partial charge in [-0.2, -0.15) is 0 Å². The van der Waals surface area contributed by atoms with Crippen LogP contribution < -0.4 is 15.4 Å². The van der Waals surface area contributed by atoms with Gasteiger partial charge in [0.1, 0.15) is 0 Å². The van der Waals surface area contributed by atoms with E-state index in [1.165, 1.54) is 0 Å². The van der Waals surface area contributed by atoms with Crippen LogP contribution in [0.3, 0.4) is 0 Å². The van der Waals surface area contributed by atoms with E-state index in [2.05, 4.69) is 28.2 Å². The minimum atomic E-state index is -0.433. The number of thiol groups is 1. The lowest BCUT2D eigenvalue weighted by Gasteiger charge is -2.09. The third-order valence-electron chi connectivity index (χ3n) is 3.21. The van der Waals surface area contributed by atoms with Gasteiger partial charge >= 0.3 is 6.03 Å². The van der Waals surface area contributed by atoms with Gasteiger partial charge in [-0.15, -0.1) is 0 Å². The highest BCUT2D eigenvalue weighted by molar-refractivity contribution is 7.78. The highest BCUT2D eigenvalue weighted by Crippen LogP contribution is 2.24. The molecular formula is C16H13N3O3S. The van der Waals surface area contributed by atoms with Crippen molar-refractivity contribution in [1.82, 2.24) is 4.72 Å². The Balaban J connectivity index is 1.75. The van der Waals surface area contributed by atoms with Crippen LogP contribution in [-0.4, -0.2) is 11.9 Å². The molecule has 23 heavy (non-hydrogen) atoms. The zero-order valence-electron chi connectivity index (χ0n) is 11.9. The normalized spacial score (nSPS) is 10.3. The Labute approximate surface area is 137 Å². The molecule has 0 spiro atoms. The first-order valence-corrected chi connectivity index (χ1v) is 7.21. The Hall–Kier alpha value is -2.93. The molecule has 3 aromatic rings. The first-order chi connectivity index (χ1) is 11.2. The first kappa shape index (κ1) is 15.0. The lowest BCUT2D eigenvalue weighted by molar-refractivity contribution is 0.0985. The average Bonchev–Trinajstić information content (AvgIpc) is 3.04. The summed E-state index contributed by atoms with van der Waals surface area (Å²) in [4.78, 5) is 23.6. The van der Waals surface area contributed by atoms with Crippen molar-refractivity contribution in [2.45, 2.75) is 0 Å². The number of hydrogen-bond acceptors (Lipinski definition) is 4. The SMILES string of the molecule is O=C(Nc1cccc(C(=O)NS)c1)Nc1cccc2ccoc12. The van der Waals surface area contributed by atoms with Crippen LogP contribution in [0.1, 0.15) is 10.4 Å². The van der Waals surface area contributed by atoms with Crippen LogP contribution in [-0.2, 0) is 0 Å². The van der Waals surface area contributed by atoms with E-state index in [0.717, 1.165) is 5.39 Å². The molecule has 0 radical (unpaired) electrons. The van der Waals surface area contributed by atoms with Gasteiger partial charge in [0.25, 0.3) is 5.91 Å². The number of benzene rings is 2. The molecule has 1 aromatic heterocycles. The quantitative estimate of drug-likeness (QED) is 0.554. The maximum Gasteiger partial charge on any atom is 0.323 e. The molecule has 7 heteroatoms. The van der Waals surface area contributed by atoms with E-state index in [0.29, 0.717) is 22.5 Å². The summed E-state index contributed by atoms with van der Waals surface area (Å²) >= 11 is 3.72. The van der Waals surface area contributed by atoms with Gasteiger partial charge in [-0.3, -0.25) is 9.52 Å². The molecule has 1 heterocycles. The van der Waals surface area contributed by atoms with Gasteiger partial charge in [-0.1, -0.05) is 31.0 Å². The average molecular weight is 327 g/mol. The van der Waals surface area contributed by atoms with Crippen LogP contribution in [0, 0.1) is 0 Å². The Morgan fingerprint density at radius 2 is 1.83 bits per heavy atom. The first-order valence-electron chi connectivity index (χ1n) is 6.76. The number of hydrogen-bond donors (Lipinski definition) is 4. The largest absolute Gasteiger partial charge is 0.462 e. The fourth-order valence-corrected chi connectivity index (χ4v) is 2.31. The van der Waals surface area contributed by atoms with E-state index in [1.807, 2.05) is 18.2 Å². The number of carbonyl (C=O) groups excluding carboxylic acids is 2. The Kier molecular flexibility index (Phi) is 4.20. The summed E-state index contributed by atoms with van der Waals surface area (Å²) in [5.74, 6) is -0.349. The number of amides is 3. The molecule has 2 aromatic carbocycles. The number of anilines is 2. The van der Waals surface area contributed by atoms with Crippen LogP contribution in [0.15, 0.2) is 59.2 Å². The fraction of sp³-hybridized carbons (Fsp3) is 0. The Morgan fingerprint density at radius 1 is 1.00 bits per heavy atom. The minimum Gasteiger partial charge on any atom is -0.462 e. The van der Waals surface area contributed by atoms with Crippen LogP contribution in [0.4, 0.5) is 16.2 Å². The number of fused-ring (bicyclic) bond motifs is 1. The van der Waals surface area contributed by atoms with Crippen molar-refractivity contribution >= 4 is 47.1 Å². The van der Waals surface area contributed by atoms with Crippen LogP contribution in [0.5, 0.6) is 0 Å². The second kappa shape index (κ2) is 6.45. The molecule has 3 N–H and O–H groups in total. The van der Waals surface area contributed by atoms with Gasteiger partial charge in [0.2, 0.25) is 0 Å². The number of carbonyl (C=O) groups is 2. The van der Waals surface area contributed by atoms with Gasteiger partial charge < -0.3 is 15.1 Å². The molecule has 0 atom stereocenters. The van der Waals surface area contributed by atoms with Gasteiger partial charge in [0.15, 0.2) is 5.58 Å². The van der Waals surface area contributed by atoms with Crippen LogP contribution in [0.25, 0.3) is 11.0 Å². The summed E-state index contributed by atoms with van der Waals surface area (Å²) in [5.41, 5.74) is 2.05. The van der Waals surface area contributed by atoms with E-state index >= 15 is 0 Å². The molecule has 0 aliphatic carbocycles. The molecular weight excluding hydrogens is 314 g/mol. The van der Waals surface area contributed by atoms with Crippen molar-refractivity contribution in [2.24, 2.45) is 0 Å². The maximum absolute atomic E-state index is 12.1. The monoisotopic (exact) mass is 327 g/mol. The van der Waals surface area contributed by atoms with E-state index in [1.54, 1.807) is 36.6 Å². The van der Waals surface area contributed by atoms with E-state index in [4.69, 9.17) is 4.42 Å². The zero-order chi connectivity index (χ0) is 16.2. The maximum atomic E-state index is 12.1. The molecule has 0 saturated carbocycles. The molecule has 116 valence electrons. The fourth-order valence-electron chi connectivity index (χ4n) is 2.18. The molecule has 0 unspecified atom stereocenters. The summed E-state index contributed by atoms with van der Waals surface area (Å²) in [7, 11) is 0. The predicted octanol–water partition coefficient (Wildman–Crippen LogP) is 3.65. The molecule has 3 rings (SSSR count). The second-order valence-electron chi connectivity index (χ2n) is 4.75. The summed E-state index contributed by atoms with van der Waals surface area (Å²) in [6.07, 6.45) is 1.56. The molecule has 0 bridgehead atoms. The summed E-state index contributed by atoms with van der Waals surface area (Å²) in [5, 5.41) is 6.29. The Morgan fingerprint density at radius 3 is 2.65 bits per heavy atom. The van der Waals surface area contributed by atoms with Gasteiger partial charge in [-0.05, 0) is 30.3 Å². The molecule has 0 saturated heterocycles. The number of rotatable bonds is 3. The molecule has 6 nitrogen and oxygen atoms in total.